The van der Waals surface area contributed by atoms with Crippen LogP contribution in [0.15, 0.2) is 52.1 Å². The number of allylic oxidation sites excluding steroid dienone is 1. The number of hydrogen-bond acceptors (Lipinski definition) is 2. The monoisotopic (exact) mass is 454 g/mol. The molecule has 1 aromatic carbocycles. The number of nitrogens with zero attached hydrogens (tertiary/aromatic N) is 2. The third-order valence-electron chi connectivity index (χ3n) is 6.22. The minimum atomic E-state index is -0.225. The highest BCUT2D eigenvalue weighted by molar-refractivity contribution is 5.16. The lowest BCUT2D eigenvalue weighted by atomic mass is 9.91. The summed E-state index contributed by atoms with van der Waals surface area (Å²) < 4.78 is 2.84. The van der Waals surface area contributed by atoms with Crippen LogP contribution >= 0.6 is 0 Å². The van der Waals surface area contributed by atoms with Crippen LogP contribution in [0.25, 0.3) is 0 Å². The molecule has 4 heteroatoms. The lowest BCUT2D eigenvalue weighted by molar-refractivity contribution is 0.385. The van der Waals surface area contributed by atoms with Gasteiger partial charge in [-0.25, -0.2) is 4.79 Å². The number of rotatable bonds is 5. The van der Waals surface area contributed by atoms with Crippen LogP contribution < -0.4 is 11.2 Å². The maximum Gasteiger partial charge on any atom is 0.330 e. The fraction of sp³-hybridized carbons (Fsp3) is 0.586. The first-order valence-electron chi connectivity index (χ1n) is 12.5. The van der Waals surface area contributed by atoms with Gasteiger partial charge in [-0.15, -0.1) is 6.58 Å². The van der Waals surface area contributed by atoms with Gasteiger partial charge in [0.25, 0.3) is 5.56 Å². The van der Waals surface area contributed by atoms with E-state index in [4.69, 9.17) is 0 Å². The predicted molar refractivity (Wildman–Crippen MR) is 142 cm³/mol. The van der Waals surface area contributed by atoms with Gasteiger partial charge in [-0.05, 0) is 51.0 Å². The summed E-state index contributed by atoms with van der Waals surface area (Å²) in [5.41, 5.74) is 3.66. The largest absolute Gasteiger partial charge is 0.330 e. The first-order valence-corrected chi connectivity index (χ1v) is 12.5. The molecule has 0 N–H and O–H groups in total. The highest BCUT2D eigenvalue weighted by Gasteiger charge is 2.11. The van der Waals surface area contributed by atoms with E-state index in [1.165, 1.54) is 54.9 Å². The van der Waals surface area contributed by atoms with Crippen LogP contribution in [0.1, 0.15) is 83.0 Å². The topological polar surface area (TPSA) is 44.0 Å². The fourth-order valence-electron chi connectivity index (χ4n) is 3.91. The Morgan fingerprint density at radius 3 is 2.09 bits per heavy atom. The SMILES string of the molecule is C=C(C)CCc1ccccc1.CC1CCCCC1.Cc1c(C)n(CC(C)C)c(=O)n(C)c1=O. The summed E-state index contributed by atoms with van der Waals surface area (Å²) in [4.78, 5) is 23.4. The van der Waals surface area contributed by atoms with Crippen LogP contribution in [0.5, 0.6) is 0 Å². The van der Waals surface area contributed by atoms with Crippen LogP contribution in [0.4, 0.5) is 0 Å². The van der Waals surface area contributed by atoms with Crippen molar-refractivity contribution in [1.29, 1.82) is 0 Å². The van der Waals surface area contributed by atoms with Crippen molar-refractivity contribution in [1.82, 2.24) is 9.13 Å². The summed E-state index contributed by atoms with van der Waals surface area (Å²) in [6, 6.07) is 10.5. The van der Waals surface area contributed by atoms with Crippen molar-refractivity contribution in [3.63, 3.8) is 0 Å². The molecule has 1 heterocycles. The number of benzene rings is 1. The van der Waals surface area contributed by atoms with Crippen molar-refractivity contribution in [2.24, 2.45) is 18.9 Å². The van der Waals surface area contributed by atoms with Crippen molar-refractivity contribution in [2.75, 3.05) is 0 Å². The van der Waals surface area contributed by atoms with Crippen LogP contribution in [0, 0.1) is 25.7 Å². The Morgan fingerprint density at radius 2 is 1.64 bits per heavy atom. The molecule has 2 aromatic rings. The molecule has 1 aliphatic rings. The third-order valence-corrected chi connectivity index (χ3v) is 6.22. The zero-order chi connectivity index (χ0) is 25.0. The molecular formula is C29H46N2O2. The standard InChI is InChI=1S/C11H18N2O2.C11H14.C7H14/c1-7(2)6-13-9(4)8(3)10(14)12(5)11(13)15;1-10(2)8-9-11-6-4-3-5-7-11;1-7-5-3-2-4-6-7/h7H,6H2,1-5H3;3-7H,1,8-9H2,2H3;7H,2-6H2,1H3. The van der Waals surface area contributed by atoms with Gasteiger partial charge in [0.15, 0.2) is 0 Å². The second kappa shape index (κ2) is 14.7. The van der Waals surface area contributed by atoms with Crippen LogP contribution in [0.2, 0.25) is 0 Å². The van der Waals surface area contributed by atoms with Crippen molar-refractivity contribution in [2.45, 2.75) is 93.0 Å². The maximum absolute atomic E-state index is 11.8. The van der Waals surface area contributed by atoms with E-state index in [2.05, 4.69) is 44.7 Å². The van der Waals surface area contributed by atoms with E-state index in [0.717, 1.165) is 24.5 Å². The minimum Gasteiger partial charge on any atom is -0.297 e. The molecular weight excluding hydrogens is 408 g/mol. The maximum atomic E-state index is 11.8. The summed E-state index contributed by atoms with van der Waals surface area (Å²) in [5.74, 6) is 1.42. The average molecular weight is 455 g/mol. The predicted octanol–water partition coefficient (Wildman–Crippen LogP) is 6.60. The Bertz CT molecular complexity index is 962. The summed E-state index contributed by atoms with van der Waals surface area (Å²) in [5, 5.41) is 0. The van der Waals surface area contributed by atoms with Crippen molar-refractivity contribution in [3.8, 4) is 0 Å². The van der Waals surface area contributed by atoms with Gasteiger partial charge in [-0.2, -0.15) is 0 Å². The zero-order valence-electron chi connectivity index (χ0n) is 22.1. The molecule has 0 saturated heterocycles. The summed E-state index contributed by atoms with van der Waals surface area (Å²) in [7, 11) is 1.52. The second-order valence-corrected chi connectivity index (χ2v) is 10.0. The number of aromatic nitrogens is 2. The van der Waals surface area contributed by atoms with Crippen molar-refractivity contribution >= 4 is 0 Å². The van der Waals surface area contributed by atoms with Gasteiger partial charge in [0.1, 0.15) is 0 Å². The zero-order valence-corrected chi connectivity index (χ0v) is 22.1. The molecule has 1 aromatic heterocycles. The molecule has 1 aliphatic carbocycles. The highest BCUT2D eigenvalue weighted by atomic mass is 16.2. The lowest BCUT2D eigenvalue weighted by Crippen LogP contribution is -2.41. The molecule has 184 valence electrons. The van der Waals surface area contributed by atoms with E-state index in [0.29, 0.717) is 18.0 Å². The van der Waals surface area contributed by atoms with Gasteiger partial charge in [0.2, 0.25) is 0 Å². The molecule has 0 radical (unpaired) electrons. The van der Waals surface area contributed by atoms with E-state index in [-0.39, 0.29) is 11.2 Å². The normalized spacial score (nSPS) is 13.6. The van der Waals surface area contributed by atoms with Gasteiger partial charge in [-0.1, -0.05) is 88.8 Å². The van der Waals surface area contributed by atoms with Crippen LogP contribution in [0.3, 0.4) is 0 Å². The van der Waals surface area contributed by atoms with Gasteiger partial charge >= 0.3 is 5.69 Å². The Labute approximate surface area is 201 Å². The Kier molecular flexibility index (Phi) is 12.8. The van der Waals surface area contributed by atoms with E-state index >= 15 is 0 Å². The van der Waals surface area contributed by atoms with E-state index < -0.39 is 0 Å². The first-order chi connectivity index (χ1) is 15.5. The van der Waals surface area contributed by atoms with E-state index in [1.807, 2.05) is 26.8 Å². The molecule has 0 atom stereocenters. The molecule has 4 nitrogen and oxygen atoms in total. The summed E-state index contributed by atoms with van der Waals surface area (Å²) in [6.45, 7) is 16.6. The Balaban J connectivity index is 0.000000264. The second-order valence-electron chi connectivity index (χ2n) is 10.0. The van der Waals surface area contributed by atoms with Crippen LogP contribution in [-0.4, -0.2) is 9.13 Å². The third kappa shape index (κ3) is 10.4. The van der Waals surface area contributed by atoms with Crippen molar-refractivity contribution < 1.29 is 0 Å². The van der Waals surface area contributed by atoms with Gasteiger partial charge < -0.3 is 0 Å². The molecule has 3 rings (SSSR count). The van der Waals surface area contributed by atoms with Crippen molar-refractivity contribution in [3.05, 3.63) is 80.1 Å². The summed E-state index contributed by atoms with van der Waals surface area (Å²) in [6.07, 6.45) is 9.66. The van der Waals surface area contributed by atoms with E-state index in [1.54, 1.807) is 11.5 Å². The van der Waals surface area contributed by atoms with Gasteiger partial charge in [0, 0.05) is 24.8 Å². The quantitative estimate of drug-likeness (QED) is 0.478. The fourth-order valence-corrected chi connectivity index (χ4v) is 3.91. The molecule has 0 unspecified atom stereocenters. The molecule has 33 heavy (non-hydrogen) atoms. The number of aryl methyl sites for hydroxylation is 1. The van der Waals surface area contributed by atoms with Gasteiger partial charge in [0.05, 0.1) is 0 Å². The minimum absolute atomic E-state index is 0.197. The molecule has 0 aliphatic heterocycles. The lowest BCUT2D eigenvalue weighted by Gasteiger charge is -2.15. The average Bonchev–Trinajstić information content (AvgIpc) is 2.80. The Morgan fingerprint density at radius 1 is 1.06 bits per heavy atom. The first kappa shape index (κ1) is 28.7. The number of hydrogen-bond donors (Lipinski definition) is 0. The van der Waals surface area contributed by atoms with Gasteiger partial charge in [-0.3, -0.25) is 13.9 Å². The molecule has 1 saturated carbocycles. The highest BCUT2D eigenvalue weighted by Crippen LogP contribution is 2.22. The van der Waals surface area contributed by atoms with E-state index in [9.17, 15) is 9.59 Å². The Hall–Kier alpha value is -2.36. The smallest absolute Gasteiger partial charge is 0.297 e. The molecule has 1 fully saturated rings. The van der Waals surface area contributed by atoms with Crippen LogP contribution in [-0.2, 0) is 20.0 Å². The molecule has 0 amide bonds. The molecule has 0 bridgehead atoms. The summed E-state index contributed by atoms with van der Waals surface area (Å²) >= 11 is 0. The molecule has 0 spiro atoms.